The summed E-state index contributed by atoms with van der Waals surface area (Å²) in [5.74, 6) is -2.54. The van der Waals surface area contributed by atoms with Crippen LogP contribution in [0.5, 0.6) is 0 Å². The minimum atomic E-state index is -4.08. The second-order valence-corrected chi connectivity index (χ2v) is 8.66. The lowest BCUT2D eigenvalue weighted by atomic mass is 10.0. The van der Waals surface area contributed by atoms with Crippen LogP contribution in [-0.4, -0.2) is 26.2 Å². The second kappa shape index (κ2) is 6.95. The predicted octanol–water partition coefficient (Wildman–Crippen LogP) is 3.49. The zero-order valence-corrected chi connectivity index (χ0v) is 15.8. The van der Waals surface area contributed by atoms with Crippen LogP contribution in [0.3, 0.4) is 0 Å². The molecule has 0 bridgehead atoms. The highest BCUT2D eigenvalue weighted by molar-refractivity contribution is 7.92. The van der Waals surface area contributed by atoms with E-state index in [1.54, 1.807) is 6.92 Å². The number of nitrogens with zero attached hydrogens (tertiary/aromatic N) is 1. The molecule has 3 rings (SSSR count). The Kier molecular flexibility index (Phi) is 4.98. The van der Waals surface area contributed by atoms with Gasteiger partial charge in [0.05, 0.1) is 17.6 Å². The fraction of sp³-hybridized carbons (Fsp3) is 0.263. The number of carbonyl (C=O) groups excluding carboxylic acids is 1. The topological polar surface area (TPSA) is 84.2 Å². The minimum absolute atomic E-state index is 0.00809. The maximum atomic E-state index is 13.7. The SMILES string of the molecule is CCOC(=O)[C@]1(C#N)[C@H](c2cccc(F)c2)[C@H]1S(=O)(=O)c1ccc(Cl)cc1. The Bertz CT molecular complexity index is 1030. The quantitative estimate of drug-likeness (QED) is 0.708. The summed E-state index contributed by atoms with van der Waals surface area (Å²) in [6, 6.07) is 12.5. The third kappa shape index (κ3) is 3.09. The summed E-state index contributed by atoms with van der Waals surface area (Å²) in [4.78, 5) is 12.5. The summed E-state index contributed by atoms with van der Waals surface area (Å²) in [7, 11) is -4.08. The summed E-state index contributed by atoms with van der Waals surface area (Å²) >= 11 is 5.81. The third-order valence-electron chi connectivity index (χ3n) is 4.62. The molecule has 0 N–H and O–H groups in total. The lowest BCUT2D eigenvalue weighted by molar-refractivity contribution is -0.147. The van der Waals surface area contributed by atoms with Crippen LogP contribution < -0.4 is 0 Å². The van der Waals surface area contributed by atoms with Crippen molar-refractivity contribution in [2.45, 2.75) is 23.0 Å². The number of ether oxygens (including phenoxy) is 1. The van der Waals surface area contributed by atoms with E-state index in [1.165, 1.54) is 42.5 Å². The molecule has 3 atom stereocenters. The molecule has 5 nitrogen and oxygen atoms in total. The number of halogens is 2. The smallest absolute Gasteiger partial charge is 0.328 e. The number of sulfone groups is 1. The maximum absolute atomic E-state index is 13.7. The molecule has 0 aromatic heterocycles. The molecule has 2 aromatic rings. The van der Waals surface area contributed by atoms with Gasteiger partial charge in [0.25, 0.3) is 0 Å². The van der Waals surface area contributed by atoms with Crippen LogP contribution in [0.4, 0.5) is 4.39 Å². The first kappa shape index (κ1) is 19.3. The first-order valence-electron chi connectivity index (χ1n) is 8.12. The van der Waals surface area contributed by atoms with Crippen molar-refractivity contribution in [2.24, 2.45) is 5.41 Å². The van der Waals surface area contributed by atoms with E-state index in [2.05, 4.69) is 0 Å². The number of benzene rings is 2. The molecule has 0 saturated heterocycles. The van der Waals surface area contributed by atoms with E-state index in [0.29, 0.717) is 5.02 Å². The minimum Gasteiger partial charge on any atom is -0.465 e. The standard InChI is InChI=1S/C19H15ClFNO4S/c1-2-26-18(23)19(11-22)16(12-4-3-5-14(21)10-12)17(19)27(24,25)15-8-6-13(20)7-9-15/h3-10,16-17H,2H2,1H3/t16-,17-,19-/m1/s1. The van der Waals surface area contributed by atoms with Gasteiger partial charge in [0.2, 0.25) is 0 Å². The average molecular weight is 408 g/mol. The summed E-state index contributed by atoms with van der Waals surface area (Å²) in [6.07, 6.45) is 0. The fourth-order valence-corrected chi connectivity index (χ4v) is 5.73. The first-order chi connectivity index (χ1) is 12.8. The van der Waals surface area contributed by atoms with Gasteiger partial charge in [0, 0.05) is 10.9 Å². The molecule has 8 heteroatoms. The van der Waals surface area contributed by atoms with Gasteiger partial charge in [-0.3, -0.25) is 4.79 Å². The third-order valence-corrected chi connectivity index (χ3v) is 7.11. The van der Waals surface area contributed by atoms with Gasteiger partial charge in [0.1, 0.15) is 11.1 Å². The molecule has 1 aliphatic carbocycles. The van der Waals surface area contributed by atoms with Crippen LogP contribution in [0.2, 0.25) is 5.02 Å². The van der Waals surface area contributed by atoms with Crippen molar-refractivity contribution >= 4 is 27.4 Å². The van der Waals surface area contributed by atoms with Gasteiger partial charge in [-0.1, -0.05) is 23.7 Å². The summed E-state index contributed by atoms with van der Waals surface area (Å²) in [5.41, 5.74) is -1.67. The Morgan fingerprint density at radius 1 is 1.30 bits per heavy atom. The fourth-order valence-electron chi connectivity index (χ4n) is 3.36. The van der Waals surface area contributed by atoms with Gasteiger partial charge in [-0.15, -0.1) is 0 Å². The largest absolute Gasteiger partial charge is 0.465 e. The van der Waals surface area contributed by atoms with E-state index in [0.717, 1.165) is 6.07 Å². The van der Waals surface area contributed by atoms with Crippen molar-refractivity contribution in [3.63, 3.8) is 0 Å². The molecule has 0 unspecified atom stereocenters. The Hall–Kier alpha value is -2.43. The zero-order valence-electron chi connectivity index (χ0n) is 14.2. The van der Waals surface area contributed by atoms with E-state index in [-0.39, 0.29) is 17.1 Å². The second-order valence-electron chi connectivity index (χ2n) is 6.15. The number of nitriles is 1. The molecule has 0 heterocycles. The van der Waals surface area contributed by atoms with Crippen molar-refractivity contribution in [1.82, 2.24) is 0 Å². The van der Waals surface area contributed by atoms with E-state index < -0.39 is 38.2 Å². The molecular formula is C19H15ClFNO4S. The molecule has 0 radical (unpaired) electrons. The zero-order chi connectivity index (χ0) is 19.8. The number of hydrogen-bond donors (Lipinski definition) is 0. The monoisotopic (exact) mass is 407 g/mol. The van der Waals surface area contributed by atoms with Crippen molar-refractivity contribution < 1.29 is 22.3 Å². The lowest BCUT2D eigenvalue weighted by Crippen LogP contribution is -2.25. The van der Waals surface area contributed by atoms with Gasteiger partial charge >= 0.3 is 5.97 Å². The number of esters is 1. The summed E-state index contributed by atoms with van der Waals surface area (Å²) in [6.45, 7) is 1.55. The van der Waals surface area contributed by atoms with Crippen molar-refractivity contribution in [3.05, 3.63) is 64.9 Å². The van der Waals surface area contributed by atoms with E-state index >= 15 is 0 Å². The van der Waals surface area contributed by atoms with Gasteiger partial charge in [0.15, 0.2) is 15.3 Å². The Morgan fingerprint density at radius 3 is 2.52 bits per heavy atom. The van der Waals surface area contributed by atoms with Crippen LogP contribution in [0.25, 0.3) is 0 Å². The molecular weight excluding hydrogens is 393 g/mol. The molecule has 1 fully saturated rings. The van der Waals surface area contributed by atoms with Crippen LogP contribution in [0, 0.1) is 22.6 Å². The number of hydrogen-bond acceptors (Lipinski definition) is 5. The number of rotatable bonds is 5. The molecule has 140 valence electrons. The van der Waals surface area contributed by atoms with Crippen molar-refractivity contribution in [3.8, 4) is 6.07 Å². The Labute approximate surface area is 161 Å². The van der Waals surface area contributed by atoms with Gasteiger partial charge in [-0.25, -0.2) is 12.8 Å². The van der Waals surface area contributed by atoms with E-state index in [1.807, 2.05) is 6.07 Å². The van der Waals surface area contributed by atoms with Gasteiger partial charge in [-0.2, -0.15) is 5.26 Å². The Morgan fingerprint density at radius 2 is 1.96 bits per heavy atom. The molecule has 2 aromatic carbocycles. The predicted molar refractivity (Wildman–Crippen MR) is 96.2 cm³/mol. The van der Waals surface area contributed by atoms with E-state index in [4.69, 9.17) is 16.3 Å². The Balaban J connectivity index is 2.14. The van der Waals surface area contributed by atoms with Gasteiger partial charge < -0.3 is 4.74 Å². The molecule has 27 heavy (non-hydrogen) atoms. The van der Waals surface area contributed by atoms with Crippen LogP contribution >= 0.6 is 11.6 Å². The first-order valence-corrected chi connectivity index (χ1v) is 10.0. The van der Waals surface area contributed by atoms with Crippen molar-refractivity contribution in [1.29, 1.82) is 5.26 Å². The highest BCUT2D eigenvalue weighted by Gasteiger charge is 2.77. The molecule has 0 amide bonds. The van der Waals surface area contributed by atoms with Crippen molar-refractivity contribution in [2.75, 3.05) is 6.61 Å². The number of carbonyl (C=O) groups is 1. The normalized spacial score (nSPS) is 24.1. The lowest BCUT2D eigenvalue weighted by Gasteiger charge is -2.09. The van der Waals surface area contributed by atoms with E-state index in [9.17, 15) is 22.9 Å². The van der Waals surface area contributed by atoms with Gasteiger partial charge in [-0.05, 0) is 48.9 Å². The summed E-state index contributed by atoms with van der Waals surface area (Å²) in [5, 5.41) is 8.72. The highest BCUT2D eigenvalue weighted by atomic mass is 35.5. The molecule has 0 spiro atoms. The van der Waals surface area contributed by atoms with Crippen LogP contribution in [-0.2, 0) is 19.4 Å². The van der Waals surface area contributed by atoms with Crippen LogP contribution in [0.1, 0.15) is 18.4 Å². The summed E-state index contributed by atoms with van der Waals surface area (Å²) < 4.78 is 45.0. The maximum Gasteiger partial charge on any atom is 0.328 e. The molecule has 0 aliphatic heterocycles. The van der Waals surface area contributed by atoms with Crippen LogP contribution in [0.15, 0.2) is 53.4 Å². The molecule has 1 saturated carbocycles. The average Bonchev–Trinajstić information content (AvgIpc) is 3.34. The highest BCUT2D eigenvalue weighted by Crippen LogP contribution is 2.64. The molecule has 1 aliphatic rings.